The minimum atomic E-state index is 0.118. The van der Waals surface area contributed by atoms with Gasteiger partial charge in [0.15, 0.2) is 0 Å². The van der Waals surface area contributed by atoms with Gasteiger partial charge in [-0.25, -0.2) is 0 Å². The Morgan fingerprint density at radius 3 is 2.75 bits per heavy atom. The summed E-state index contributed by atoms with van der Waals surface area (Å²) in [6, 6.07) is 14.5. The summed E-state index contributed by atoms with van der Waals surface area (Å²) in [6.07, 6.45) is 5.61. The molecule has 3 rings (SSSR count). The van der Waals surface area contributed by atoms with Crippen molar-refractivity contribution >= 4 is 0 Å². The van der Waals surface area contributed by atoms with Gasteiger partial charge in [0.25, 0.3) is 0 Å². The molecule has 0 aliphatic carbocycles. The van der Waals surface area contributed by atoms with Crippen LogP contribution in [0, 0.1) is 0 Å². The predicted octanol–water partition coefficient (Wildman–Crippen LogP) is 3.53. The second-order valence-electron chi connectivity index (χ2n) is 5.24. The van der Waals surface area contributed by atoms with Gasteiger partial charge in [0.2, 0.25) is 0 Å². The zero-order chi connectivity index (χ0) is 13.6. The molecule has 20 heavy (non-hydrogen) atoms. The minimum absolute atomic E-state index is 0.118. The normalized spacial score (nSPS) is 20.1. The van der Waals surface area contributed by atoms with E-state index < -0.39 is 0 Å². The van der Waals surface area contributed by atoms with Crippen LogP contribution in [0.2, 0.25) is 0 Å². The third kappa shape index (κ3) is 3.30. The van der Waals surface area contributed by atoms with Crippen molar-refractivity contribution in [3.63, 3.8) is 0 Å². The highest BCUT2D eigenvalue weighted by Gasteiger charge is 2.18. The number of hydrogen-bond acceptors (Lipinski definition) is 3. The molecule has 0 bridgehead atoms. The first kappa shape index (κ1) is 13.4. The Bertz CT molecular complexity index is 489. The Labute approximate surface area is 119 Å². The van der Waals surface area contributed by atoms with Crippen molar-refractivity contribution in [2.75, 3.05) is 13.2 Å². The Morgan fingerprint density at radius 1 is 1.15 bits per heavy atom. The SMILES string of the molecule is c1ccc(C(NCCC2CCCO2)c2ccco2)cc1. The van der Waals surface area contributed by atoms with Crippen LogP contribution in [0.1, 0.15) is 36.6 Å². The Morgan fingerprint density at radius 2 is 2.05 bits per heavy atom. The first-order valence-electron chi connectivity index (χ1n) is 7.37. The van der Waals surface area contributed by atoms with Gasteiger partial charge in [-0.15, -0.1) is 0 Å². The largest absolute Gasteiger partial charge is 0.467 e. The first-order chi connectivity index (χ1) is 9.93. The fraction of sp³-hybridized carbons (Fsp3) is 0.412. The summed E-state index contributed by atoms with van der Waals surface area (Å²) < 4.78 is 11.2. The molecule has 1 aliphatic rings. The average Bonchev–Trinajstić information content (AvgIpc) is 3.18. The molecule has 2 unspecified atom stereocenters. The van der Waals surface area contributed by atoms with Gasteiger partial charge in [-0.3, -0.25) is 0 Å². The standard InChI is InChI=1S/C17H21NO2/c1-2-6-14(7-3-1)17(16-9-5-13-20-16)18-11-10-15-8-4-12-19-15/h1-3,5-7,9,13,15,17-18H,4,8,10-12H2. The summed E-state index contributed by atoms with van der Waals surface area (Å²) in [4.78, 5) is 0. The van der Waals surface area contributed by atoms with E-state index in [0.29, 0.717) is 6.10 Å². The highest BCUT2D eigenvalue weighted by molar-refractivity contribution is 5.26. The second-order valence-corrected chi connectivity index (χ2v) is 5.24. The maximum absolute atomic E-state index is 5.67. The van der Waals surface area contributed by atoms with Gasteiger partial charge in [-0.1, -0.05) is 30.3 Å². The van der Waals surface area contributed by atoms with Gasteiger partial charge in [0, 0.05) is 6.61 Å². The number of nitrogens with one attached hydrogen (secondary N) is 1. The molecule has 2 aromatic rings. The molecule has 0 amide bonds. The molecule has 106 valence electrons. The summed E-state index contributed by atoms with van der Waals surface area (Å²) in [5.74, 6) is 0.962. The van der Waals surface area contributed by atoms with E-state index in [0.717, 1.165) is 25.3 Å². The quantitative estimate of drug-likeness (QED) is 0.872. The lowest BCUT2D eigenvalue weighted by atomic mass is 10.0. The molecular weight excluding hydrogens is 250 g/mol. The lowest BCUT2D eigenvalue weighted by Crippen LogP contribution is -2.25. The zero-order valence-corrected chi connectivity index (χ0v) is 11.6. The summed E-state index contributed by atoms with van der Waals surface area (Å²) >= 11 is 0. The van der Waals surface area contributed by atoms with E-state index in [4.69, 9.17) is 9.15 Å². The minimum Gasteiger partial charge on any atom is -0.467 e. The lowest BCUT2D eigenvalue weighted by molar-refractivity contribution is 0.103. The van der Waals surface area contributed by atoms with Crippen LogP contribution in [0.4, 0.5) is 0 Å². The van der Waals surface area contributed by atoms with Gasteiger partial charge < -0.3 is 14.5 Å². The van der Waals surface area contributed by atoms with E-state index in [1.165, 1.54) is 18.4 Å². The van der Waals surface area contributed by atoms with E-state index >= 15 is 0 Å². The van der Waals surface area contributed by atoms with Gasteiger partial charge in [-0.2, -0.15) is 0 Å². The highest BCUT2D eigenvalue weighted by atomic mass is 16.5. The Hall–Kier alpha value is -1.58. The molecule has 1 fully saturated rings. The van der Waals surface area contributed by atoms with Crippen LogP contribution >= 0.6 is 0 Å². The zero-order valence-electron chi connectivity index (χ0n) is 11.6. The van der Waals surface area contributed by atoms with Crippen molar-refractivity contribution in [3.8, 4) is 0 Å². The van der Waals surface area contributed by atoms with Gasteiger partial charge in [-0.05, 0) is 43.5 Å². The first-order valence-corrected chi connectivity index (χ1v) is 7.37. The molecule has 0 radical (unpaired) electrons. The van der Waals surface area contributed by atoms with Crippen molar-refractivity contribution in [2.24, 2.45) is 0 Å². The Balaban J connectivity index is 1.63. The smallest absolute Gasteiger partial charge is 0.125 e. The number of benzene rings is 1. The number of furan rings is 1. The van der Waals surface area contributed by atoms with Crippen molar-refractivity contribution < 1.29 is 9.15 Å². The molecule has 0 spiro atoms. The number of rotatable bonds is 6. The van der Waals surface area contributed by atoms with Crippen LogP contribution in [0.5, 0.6) is 0 Å². The molecule has 0 saturated carbocycles. The van der Waals surface area contributed by atoms with Gasteiger partial charge in [0.1, 0.15) is 5.76 Å². The van der Waals surface area contributed by atoms with E-state index in [9.17, 15) is 0 Å². The van der Waals surface area contributed by atoms with Crippen LogP contribution in [-0.4, -0.2) is 19.3 Å². The topological polar surface area (TPSA) is 34.4 Å². The van der Waals surface area contributed by atoms with Gasteiger partial charge >= 0.3 is 0 Å². The average molecular weight is 271 g/mol. The van der Waals surface area contributed by atoms with Crippen LogP contribution in [0.3, 0.4) is 0 Å². The third-order valence-corrected chi connectivity index (χ3v) is 3.80. The Kier molecular flexibility index (Phi) is 4.51. The molecule has 1 aliphatic heterocycles. The summed E-state index contributed by atoms with van der Waals surface area (Å²) in [5.41, 5.74) is 1.23. The summed E-state index contributed by atoms with van der Waals surface area (Å²) in [5, 5.41) is 3.59. The molecule has 2 heterocycles. The number of hydrogen-bond donors (Lipinski definition) is 1. The molecular formula is C17H21NO2. The fourth-order valence-electron chi connectivity index (χ4n) is 2.74. The van der Waals surface area contributed by atoms with E-state index in [1.807, 2.05) is 18.2 Å². The third-order valence-electron chi connectivity index (χ3n) is 3.80. The molecule has 1 aromatic heterocycles. The van der Waals surface area contributed by atoms with E-state index in [1.54, 1.807) is 6.26 Å². The highest BCUT2D eigenvalue weighted by Crippen LogP contribution is 2.23. The van der Waals surface area contributed by atoms with E-state index in [-0.39, 0.29) is 6.04 Å². The predicted molar refractivity (Wildman–Crippen MR) is 78.6 cm³/mol. The van der Waals surface area contributed by atoms with Crippen LogP contribution < -0.4 is 5.32 Å². The van der Waals surface area contributed by atoms with E-state index in [2.05, 4.69) is 29.6 Å². The van der Waals surface area contributed by atoms with Crippen LogP contribution in [-0.2, 0) is 4.74 Å². The second kappa shape index (κ2) is 6.73. The van der Waals surface area contributed by atoms with Crippen LogP contribution in [0.15, 0.2) is 53.1 Å². The monoisotopic (exact) mass is 271 g/mol. The van der Waals surface area contributed by atoms with Crippen molar-refractivity contribution in [2.45, 2.75) is 31.4 Å². The molecule has 1 aromatic carbocycles. The van der Waals surface area contributed by atoms with Crippen LogP contribution in [0.25, 0.3) is 0 Å². The van der Waals surface area contributed by atoms with Crippen molar-refractivity contribution in [1.29, 1.82) is 0 Å². The molecule has 1 saturated heterocycles. The lowest BCUT2D eigenvalue weighted by Gasteiger charge is -2.18. The molecule has 3 nitrogen and oxygen atoms in total. The fourth-order valence-corrected chi connectivity index (χ4v) is 2.74. The maximum atomic E-state index is 5.67. The maximum Gasteiger partial charge on any atom is 0.125 e. The molecule has 1 N–H and O–H groups in total. The van der Waals surface area contributed by atoms with Crippen molar-refractivity contribution in [1.82, 2.24) is 5.32 Å². The molecule has 2 atom stereocenters. The van der Waals surface area contributed by atoms with Gasteiger partial charge in [0.05, 0.1) is 18.4 Å². The van der Waals surface area contributed by atoms with Crippen molar-refractivity contribution in [3.05, 3.63) is 60.1 Å². The summed E-state index contributed by atoms with van der Waals surface area (Å²) in [7, 11) is 0. The number of ether oxygens (including phenoxy) is 1. The molecule has 3 heteroatoms. The summed E-state index contributed by atoms with van der Waals surface area (Å²) in [6.45, 7) is 1.86.